The number of methoxy groups -OCH3 is 1. The van der Waals surface area contributed by atoms with Crippen molar-refractivity contribution < 1.29 is 24.1 Å². The van der Waals surface area contributed by atoms with E-state index < -0.39 is 16.9 Å². The summed E-state index contributed by atoms with van der Waals surface area (Å²) in [5, 5.41) is 17.0. The highest BCUT2D eigenvalue weighted by atomic mass is 16.7. The average molecular weight is 485 g/mol. The van der Waals surface area contributed by atoms with E-state index in [1.54, 1.807) is 48.6 Å². The minimum Gasteiger partial charge on any atom is -0.465 e. The van der Waals surface area contributed by atoms with Crippen LogP contribution in [-0.2, 0) is 20.9 Å². The maximum Gasteiger partial charge on any atom is 0.337 e. The van der Waals surface area contributed by atoms with E-state index >= 15 is 0 Å². The first-order valence-corrected chi connectivity index (χ1v) is 11.1. The van der Waals surface area contributed by atoms with E-state index in [-0.39, 0.29) is 5.69 Å². The molecule has 0 fully saturated rings. The number of allylic oxidation sites excluding steroid dienone is 1. The number of nitro groups is 1. The maximum absolute atomic E-state index is 11.7. The Bertz CT molecular complexity index is 1550. The van der Waals surface area contributed by atoms with E-state index in [1.807, 2.05) is 25.1 Å². The van der Waals surface area contributed by atoms with Crippen molar-refractivity contribution in [2.75, 3.05) is 7.11 Å². The Morgan fingerprint density at radius 1 is 1.00 bits per heavy atom. The van der Waals surface area contributed by atoms with Crippen LogP contribution in [0.3, 0.4) is 0 Å². The first kappa shape index (κ1) is 24.3. The van der Waals surface area contributed by atoms with Crippen LogP contribution in [0, 0.1) is 10.1 Å². The zero-order valence-electron chi connectivity index (χ0n) is 19.9. The van der Waals surface area contributed by atoms with Crippen LogP contribution in [0.5, 0.6) is 0 Å². The molecule has 0 unspecified atom stereocenters. The van der Waals surface area contributed by atoms with E-state index in [1.165, 1.54) is 20.1 Å². The number of rotatable bonds is 7. The highest BCUT2D eigenvalue weighted by Crippen LogP contribution is 2.32. The summed E-state index contributed by atoms with van der Waals surface area (Å²) in [6, 6.07) is 17.3. The van der Waals surface area contributed by atoms with Gasteiger partial charge in [0.2, 0.25) is 0 Å². The molecule has 0 radical (unpaired) electrons. The summed E-state index contributed by atoms with van der Waals surface area (Å²) in [5.41, 5.74) is 4.07. The molecule has 0 N–H and O–H groups in total. The van der Waals surface area contributed by atoms with Crippen molar-refractivity contribution in [1.29, 1.82) is 0 Å². The number of aromatic nitrogens is 1. The molecule has 36 heavy (non-hydrogen) atoms. The lowest BCUT2D eigenvalue weighted by atomic mass is 10.0. The molecule has 0 spiro atoms. The van der Waals surface area contributed by atoms with Gasteiger partial charge < -0.3 is 14.1 Å². The van der Waals surface area contributed by atoms with Crippen LogP contribution < -0.4 is 0 Å². The van der Waals surface area contributed by atoms with Gasteiger partial charge in [-0.15, -0.1) is 0 Å². The number of benzene rings is 3. The first-order valence-electron chi connectivity index (χ1n) is 11.1. The SMILES string of the molecule is CCn1c2ccc(C(C=Cc3ccc(C(=O)OC)cc3)=NOC(C)=O)cc2c2cc([N+](=O)[O-])ccc21. The van der Waals surface area contributed by atoms with E-state index in [0.29, 0.717) is 23.4 Å². The molecule has 4 aromatic rings. The Morgan fingerprint density at radius 2 is 1.64 bits per heavy atom. The number of ether oxygens (including phenoxy) is 1. The number of nitrogens with zero attached hydrogens (tertiary/aromatic N) is 3. The Hall–Kier alpha value is -4.79. The van der Waals surface area contributed by atoms with Crippen molar-refractivity contribution in [1.82, 2.24) is 4.57 Å². The summed E-state index contributed by atoms with van der Waals surface area (Å²) in [6.07, 6.45) is 3.46. The zero-order valence-corrected chi connectivity index (χ0v) is 19.9. The molecule has 0 aliphatic rings. The van der Waals surface area contributed by atoms with Gasteiger partial charge in [-0.05, 0) is 48.9 Å². The summed E-state index contributed by atoms with van der Waals surface area (Å²) in [7, 11) is 1.32. The largest absolute Gasteiger partial charge is 0.465 e. The number of fused-ring (bicyclic) bond motifs is 3. The van der Waals surface area contributed by atoms with E-state index in [2.05, 4.69) is 9.72 Å². The van der Waals surface area contributed by atoms with Crippen molar-refractivity contribution in [3.63, 3.8) is 0 Å². The quantitative estimate of drug-likeness (QED) is 0.112. The summed E-state index contributed by atoms with van der Waals surface area (Å²) >= 11 is 0. The monoisotopic (exact) mass is 485 g/mol. The van der Waals surface area contributed by atoms with Gasteiger partial charge >= 0.3 is 11.9 Å². The predicted octanol–water partition coefficient (Wildman–Crippen LogP) is 5.49. The Morgan fingerprint density at radius 3 is 2.25 bits per heavy atom. The molecule has 9 heteroatoms. The second kappa shape index (κ2) is 10.2. The minimum absolute atomic E-state index is 0.00663. The topological polar surface area (TPSA) is 113 Å². The third-order valence-electron chi connectivity index (χ3n) is 5.71. The molecule has 1 heterocycles. The van der Waals surface area contributed by atoms with Crippen LogP contribution in [0.4, 0.5) is 5.69 Å². The molecule has 0 amide bonds. The van der Waals surface area contributed by atoms with Gasteiger partial charge in [-0.25, -0.2) is 9.59 Å². The molecule has 0 atom stereocenters. The van der Waals surface area contributed by atoms with Crippen LogP contribution in [0.1, 0.15) is 35.3 Å². The summed E-state index contributed by atoms with van der Waals surface area (Å²) in [5.74, 6) is -0.995. The number of carbonyl (C=O) groups excluding carboxylic acids is 2. The van der Waals surface area contributed by atoms with Crippen LogP contribution in [-0.4, -0.2) is 34.3 Å². The number of carbonyl (C=O) groups is 2. The van der Waals surface area contributed by atoms with Crippen LogP contribution in [0.2, 0.25) is 0 Å². The van der Waals surface area contributed by atoms with Crippen LogP contribution in [0.25, 0.3) is 27.9 Å². The van der Waals surface area contributed by atoms with Crippen LogP contribution >= 0.6 is 0 Å². The van der Waals surface area contributed by atoms with Crippen molar-refractivity contribution in [2.24, 2.45) is 5.16 Å². The van der Waals surface area contributed by atoms with E-state index in [9.17, 15) is 19.7 Å². The molecule has 1 aromatic heterocycles. The van der Waals surface area contributed by atoms with Gasteiger partial charge in [-0.1, -0.05) is 29.4 Å². The standard InChI is InChI=1S/C27H23N3O6/c1-4-29-25-13-10-20(15-22(25)23-16-21(30(33)34)11-14-26(23)29)24(28-36-17(2)31)12-7-18-5-8-19(9-6-18)27(32)35-3/h5-16H,4H2,1-3H3. The van der Waals surface area contributed by atoms with Gasteiger partial charge in [0.15, 0.2) is 0 Å². The number of nitro benzene ring substituents is 1. The fourth-order valence-corrected chi connectivity index (χ4v) is 4.02. The van der Waals surface area contributed by atoms with Gasteiger partial charge in [0.25, 0.3) is 5.69 Å². The van der Waals surface area contributed by atoms with Gasteiger partial charge in [0, 0.05) is 53.0 Å². The normalized spacial score (nSPS) is 11.8. The molecular weight excluding hydrogens is 462 g/mol. The first-order chi connectivity index (χ1) is 17.3. The Kier molecular flexibility index (Phi) is 6.91. The zero-order chi connectivity index (χ0) is 25.8. The van der Waals surface area contributed by atoms with Crippen molar-refractivity contribution in [2.45, 2.75) is 20.4 Å². The number of esters is 1. The molecular formula is C27H23N3O6. The molecule has 4 rings (SSSR count). The molecule has 0 aliphatic carbocycles. The molecule has 0 saturated heterocycles. The molecule has 0 bridgehead atoms. The summed E-state index contributed by atoms with van der Waals surface area (Å²) in [6.45, 7) is 3.95. The van der Waals surface area contributed by atoms with Crippen LogP contribution in [0.15, 0.2) is 71.9 Å². The third kappa shape index (κ3) is 4.85. The van der Waals surface area contributed by atoms with Gasteiger partial charge in [-0.3, -0.25) is 10.1 Å². The average Bonchev–Trinajstić information content (AvgIpc) is 3.20. The number of aryl methyl sites for hydroxylation is 1. The van der Waals surface area contributed by atoms with Crippen molar-refractivity contribution in [3.8, 4) is 0 Å². The minimum atomic E-state index is -0.567. The lowest BCUT2D eigenvalue weighted by Crippen LogP contribution is -2.02. The maximum atomic E-state index is 11.7. The van der Waals surface area contributed by atoms with E-state index in [4.69, 9.17) is 9.57 Å². The van der Waals surface area contributed by atoms with E-state index in [0.717, 1.165) is 27.4 Å². The predicted molar refractivity (Wildman–Crippen MR) is 137 cm³/mol. The fourth-order valence-electron chi connectivity index (χ4n) is 4.02. The Labute approximate surface area is 206 Å². The number of hydrogen-bond acceptors (Lipinski definition) is 7. The molecule has 3 aromatic carbocycles. The van der Waals surface area contributed by atoms with Gasteiger partial charge in [0.1, 0.15) is 5.71 Å². The number of non-ortho nitro benzene ring substituents is 1. The van der Waals surface area contributed by atoms with Crippen molar-refractivity contribution in [3.05, 3.63) is 93.5 Å². The smallest absolute Gasteiger partial charge is 0.337 e. The lowest BCUT2D eigenvalue weighted by molar-refractivity contribution is -0.384. The Balaban J connectivity index is 1.80. The number of hydrogen-bond donors (Lipinski definition) is 0. The van der Waals surface area contributed by atoms with Crippen molar-refractivity contribution >= 4 is 51.2 Å². The molecule has 9 nitrogen and oxygen atoms in total. The highest BCUT2D eigenvalue weighted by molar-refractivity contribution is 6.15. The summed E-state index contributed by atoms with van der Waals surface area (Å²) in [4.78, 5) is 39.0. The molecule has 0 saturated carbocycles. The highest BCUT2D eigenvalue weighted by Gasteiger charge is 2.15. The fraction of sp³-hybridized carbons (Fsp3) is 0.148. The summed E-state index contributed by atoms with van der Waals surface area (Å²) < 4.78 is 6.80. The number of oxime groups is 1. The lowest BCUT2D eigenvalue weighted by Gasteiger charge is -2.05. The molecule has 182 valence electrons. The second-order valence-corrected chi connectivity index (χ2v) is 7.94. The van der Waals surface area contributed by atoms with Gasteiger partial charge in [-0.2, -0.15) is 0 Å². The third-order valence-corrected chi connectivity index (χ3v) is 5.71. The van der Waals surface area contributed by atoms with Gasteiger partial charge in [0.05, 0.1) is 17.6 Å². The molecule has 0 aliphatic heterocycles. The second-order valence-electron chi connectivity index (χ2n) is 7.94.